The van der Waals surface area contributed by atoms with Crippen molar-refractivity contribution in [3.05, 3.63) is 72.6 Å². The first-order valence-electron chi connectivity index (χ1n) is 7.68. The minimum Gasteiger partial charge on any atom is -0.328 e. The topological polar surface area (TPSA) is 55.2 Å². The van der Waals surface area contributed by atoms with E-state index in [0.717, 1.165) is 5.69 Å². The van der Waals surface area contributed by atoms with Gasteiger partial charge in [0.1, 0.15) is 0 Å². The molecule has 2 rings (SSSR count). The minimum absolute atomic E-state index is 0.293. The molecule has 2 aromatic rings. The number of Topliss-reactive ketones (excluding diaryl/α,β-unsaturated/α-hetero) is 1. The summed E-state index contributed by atoms with van der Waals surface area (Å²) in [5, 5.41) is 4.42. The van der Waals surface area contributed by atoms with Gasteiger partial charge in [0.2, 0.25) is 0 Å². The van der Waals surface area contributed by atoms with Gasteiger partial charge in [-0.3, -0.25) is 9.59 Å². The number of rotatable bonds is 7. The third-order valence-corrected chi connectivity index (χ3v) is 3.70. The quantitative estimate of drug-likeness (QED) is 0.447. The number of amides is 1. The monoisotopic (exact) mass is 323 g/mol. The highest BCUT2D eigenvalue weighted by atomic mass is 16.2. The number of ketones is 1. The zero-order chi connectivity index (χ0) is 17.7. The second-order valence-corrected chi connectivity index (χ2v) is 5.41. The smallest absolute Gasteiger partial charge is 0.295 e. The summed E-state index contributed by atoms with van der Waals surface area (Å²) in [6.45, 7) is 11.4. The number of benzene rings is 1. The van der Waals surface area contributed by atoms with Crippen LogP contribution in [0, 0.1) is 13.8 Å². The second-order valence-electron chi connectivity index (χ2n) is 5.41. The lowest BCUT2D eigenvalue weighted by Gasteiger charge is -2.18. The highest BCUT2D eigenvalue weighted by Gasteiger charge is 2.28. The van der Waals surface area contributed by atoms with Crippen LogP contribution in [-0.2, 0) is 4.79 Å². The molecule has 1 aromatic heterocycles. The maximum absolute atomic E-state index is 12.7. The molecule has 124 valence electrons. The number of aryl methyl sites for hydroxylation is 1. The summed E-state index contributed by atoms with van der Waals surface area (Å²) in [6, 6.07) is 9.50. The van der Waals surface area contributed by atoms with E-state index in [0.29, 0.717) is 30.0 Å². The van der Waals surface area contributed by atoms with Crippen molar-refractivity contribution in [1.82, 2.24) is 14.7 Å². The Labute approximate surface area is 141 Å². The largest absolute Gasteiger partial charge is 0.328 e. The van der Waals surface area contributed by atoms with Crippen LogP contribution >= 0.6 is 0 Å². The average molecular weight is 323 g/mol. The van der Waals surface area contributed by atoms with Crippen molar-refractivity contribution in [2.45, 2.75) is 13.8 Å². The van der Waals surface area contributed by atoms with Gasteiger partial charge in [-0.05, 0) is 26.0 Å². The Morgan fingerprint density at radius 3 is 2.25 bits per heavy atom. The number of carbonyl (C=O) groups is 2. The van der Waals surface area contributed by atoms with Gasteiger partial charge < -0.3 is 4.90 Å². The van der Waals surface area contributed by atoms with Gasteiger partial charge in [-0.2, -0.15) is 5.10 Å². The van der Waals surface area contributed by atoms with Crippen LogP contribution in [0.3, 0.4) is 0 Å². The van der Waals surface area contributed by atoms with Crippen molar-refractivity contribution >= 4 is 11.7 Å². The number of aromatic nitrogens is 2. The molecule has 0 unspecified atom stereocenters. The standard InChI is InChI=1S/C19H21N3O2/c1-5-12-21(13-6-2)19(24)18(23)17-14(3)20-22(15(17)4)16-10-8-7-9-11-16/h5-11H,1-2,12-13H2,3-4H3. The van der Waals surface area contributed by atoms with E-state index < -0.39 is 11.7 Å². The lowest BCUT2D eigenvalue weighted by atomic mass is 10.1. The van der Waals surface area contributed by atoms with Crippen molar-refractivity contribution in [1.29, 1.82) is 0 Å². The van der Waals surface area contributed by atoms with Crippen molar-refractivity contribution < 1.29 is 9.59 Å². The van der Waals surface area contributed by atoms with Crippen molar-refractivity contribution in [3.63, 3.8) is 0 Å². The van der Waals surface area contributed by atoms with E-state index in [1.807, 2.05) is 30.3 Å². The van der Waals surface area contributed by atoms with Gasteiger partial charge in [0.25, 0.3) is 11.7 Å². The molecular weight excluding hydrogens is 302 g/mol. The first-order valence-corrected chi connectivity index (χ1v) is 7.68. The highest BCUT2D eigenvalue weighted by molar-refractivity contribution is 6.43. The zero-order valence-corrected chi connectivity index (χ0v) is 14.0. The fraction of sp³-hybridized carbons (Fsp3) is 0.211. The van der Waals surface area contributed by atoms with Crippen LogP contribution in [0.1, 0.15) is 21.7 Å². The molecule has 0 spiro atoms. The molecule has 1 aromatic carbocycles. The Hall–Kier alpha value is -2.95. The predicted molar refractivity (Wildman–Crippen MR) is 94.3 cm³/mol. The van der Waals surface area contributed by atoms with Gasteiger partial charge in [-0.1, -0.05) is 30.4 Å². The minimum atomic E-state index is -0.575. The molecule has 0 saturated heterocycles. The molecule has 0 fully saturated rings. The zero-order valence-electron chi connectivity index (χ0n) is 14.0. The number of hydrogen-bond acceptors (Lipinski definition) is 3. The lowest BCUT2D eigenvalue weighted by molar-refractivity contribution is -0.125. The molecule has 1 heterocycles. The van der Waals surface area contributed by atoms with Gasteiger partial charge in [0.15, 0.2) is 0 Å². The summed E-state index contributed by atoms with van der Waals surface area (Å²) in [5.74, 6) is -1.13. The normalized spacial score (nSPS) is 10.2. The maximum atomic E-state index is 12.7. The Morgan fingerprint density at radius 1 is 1.12 bits per heavy atom. The maximum Gasteiger partial charge on any atom is 0.295 e. The summed E-state index contributed by atoms with van der Waals surface area (Å²) in [5.41, 5.74) is 2.38. The first-order chi connectivity index (χ1) is 11.5. The molecule has 0 bridgehead atoms. The molecule has 0 aliphatic heterocycles. The highest BCUT2D eigenvalue weighted by Crippen LogP contribution is 2.19. The molecule has 0 radical (unpaired) electrons. The van der Waals surface area contributed by atoms with Crippen LogP contribution in [0.25, 0.3) is 5.69 Å². The van der Waals surface area contributed by atoms with Crippen molar-refractivity contribution in [3.8, 4) is 5.69 Å². The number of carbonyl (C=O) groups excluding carboxylic acids is 2. The average Bonchev–Trinajstić information content (AvgIpc) is 2.88. The van der Waals surface area contributed by atoms with E-state index in [2.05, 4.69) is 18.3 Å². The van der Waals surface area contributed by atoms with E-state index >= 15 is 0 Å². The van der Waals surface area contributed by atoms with Gasteiger partial charge in [-0.25, -0.2) is 4.68 Å². The Morgan fingerprint density at radius 2 is 1.71 bits per heavy atom. The molecule has 5 heteroatoms. The van der Waals surface area contributed by atoms with Gasteiger partial charge in [0.05, 0.1) is 22.6 Å². The fourth-order valence-corrected chi connectivity index (χ4v) is 2.59. The Bertz CT molecular complexity index is 765. The second kappa shape index (κ2) is 7.55. The number of para-hydroxylation sites is 1. The SMILES string of the molecule is C=CCN(CC=C)C(=O)C(=O)c1c(C)nn(-c2ccccc2)c1C. The van der Waals surface area contributed by atoms with Gasteiger partial charge in [-0.15, -0.1) is 13.2 Å². The lowest BCUT2D eigenvalue weighted by Crippen LogP contribution is -2.37. The van der Waals surface area contributed by atoms with E-state index in [9.17, 15) is 9.59 Å². The summed E-state index contributed by atoms with van der Waals surface area (Å²) in [6.07, 6.45) is 3.17. The van der Waals surface area contributed by atoms with E-state index in [1.54, 1.807) is 30.7 Å². The van der Waals surface area contributed by atoms with Crippen LogP contribution < -0.4 is 0 Å². The molecule has 0 aliphatic rings. The third kappa shape index (κ3) is 3.35. The fourth-order valence-electron chi connectivity index (χ4n) is 2.59. The van der Waals surface area contributed by atoms with E-state index in [-0.39, 0.29) is 0 Å². The Kier molecular flexibility index (Phi) is 5.47. The van der Waals surface area contributed by atoms with Crippen molar-refractivity contribution in [2.24, 2.45) is 0 Å². The van der Waals surface area contributed by atoms with Gasteiger partial charge >= 0.3 is 0 Å². The number of nitrogens with zero attached hydrogens (tertiary/aromatic N) is 3. The molecule has 0 aliphatic carbocycles. The summed E-state index contributed by atoms with van der Waals surface area (Å²) in [4.78, 5) is 26.6. The molecule has 0 N–H and O–H groups in total. The molecule has 5 nitrogen and oxygen atoms in total. The summed E-state index contributed by atoms with van der Waals surface area (Å²) < 4.78 is 1.68. The van der Waals surface area contributed by atoms with Gasteiger partial charge in [0, 0.05) is 13.1 Å². The molecule has 24 heavy (non-hydrogen) atoms. The summed E-state index contributed by atoms with van der Waals surface area (Å²) in [7, 11) is 0. The van der Waals surface area contributed by atoms with Crippen LogP contribution in [0.4, 0.5) is 0 Å². The first kappa shape index (κ1) is 17.4. The Balaban J connectivity index is 2.40. The van der Waals surface area contributed by atoms with Crippen LogP contribution in [0.15, 0.2) is 55.6 Å². The number of hydrogen-bond donors (Lipinski definition) is 0. The van der Waals surface area contributed by atoms with Crippen LogP contribution in [-0.4, -0.2) is 39.5 Å². The van der Waals surface area contributed by atoms with Crippen molar-refractivity contribution in [2.75, 3.05) is 13.1 Å². The summed E-state index contributed by atoms with van der Waals surface area (Å²) >= 11 is 0. The van der Waals surface area contributed by atoms with Crippen LogP contribution in [0.5, 0.6) is 0 Å². The third-order valence-electron chi connectivity index (χ3n) is 3.70. The molecule has 1 amide bonds. The van der Waals surface area contributed by atoms with Crippen LogP contribution in [0.2, 0.25) is 0 Å². The molecular formula is C19H21N3O2. The van der Waals surface area contributed by atoms with E-state index in [4.69, 9.17) is 0 Å². The molecule has 0 atom stereocenters. The molecule has 0 saturated carbocycles. The predicted octanol–water partition coefficient (Wildman–Crippen LogP) is 2.87. The van der Waals surface area contributed by atoms with E-state index in [1.165, 1.54) is 4.90 Å².